The molecular weight excluding hydrogens is 394 g/mol. The van der Waals surface area contributed by atoms with E-state index in [2.05, 4.69) is 75.3 Å². The highest BCUT2D eigenvalue weighted by molar-refractivity contribution is 5.82. The predicted molar refractivity (Wildman–Crippen MR) is 127 cm³/mol. The minimum Gasteiger partial charge on any atom is -0.317 e. The topological polar surface area (TPSA) is 48.5 Å². The molecule has 0 unspecified atom stereocenters. The van der Waals surface area contributed by atoms with Crippen LogP contribution in [0.15, 0.2) is 116 Å². The summed E-state index contributed by atoms with van der Waals surface area (Å²) in [5.41, 5.74) is 4.95. The summed E-state index contributed by atoms with van der Waals surface area (Å²) in [6, 6.07) is 30.7. The number of para-hydroxylation sites is 1. The Morgan fingerprint density at radius 1 is 0.594 bits per heavy atom. The van der Waals surface area contributed by atoms with Crippen LogP contribution in [0.2, 0.25) is 0 Å². The molecule has 0 aliphatic heterocycles. The Kier molecular flexibility index (Phi) is 4.36. The third kappa shape index (κ3) is 3.17. The van der Waals surface area contributed by atoms with Gasteiger partial charge in [0.15, 0.2) is 0 Å². The maximum atomic E-state index is 4.92. The number of pyridine rings is 2. The average Bonchev–Trinajstić information content (AvgIpc) is 3.51. The molecule has 0 amide bonds. The summed E-state index contributed by atoms with van der Waals surface area (Å²) in [7, 11) is 0. The second-order valence-corrected chi connectivity index (χ2v) is 7.51. The van der Waals surface area contributed by atoms with Gasteiger partial charge in [-0.05, 0) is 66.0 Å². The van der Waals surface area contributed by atoms with Crippen LogP contribution >= 0.6 is 0 Å². The summed E-state index contributed by atoms with van der Waals surface area (Å²) in [6.45, 7) is 0. The van der Waals surface area contributed by atoms with Crippen LogP contribution in [0.5, 0.6) is 0 Å². The Bertz CT molecular complexity index is 1500. The molecule has 0 spiro atoms. The minimum atomic E-state index is 0.812. The van der Waals surface area contributed by atoms with Crippen LogP contribution in [0, 0.1) is 0 Å². The van der Waals surface area contributed by atoms with E-state index in [-0.39, 0.29) is 0 Å². The second-order valence-electron chi connectivity index (χ2n) is 7.51. The molecule has 0 saturated carbocycles. The Labute approximate surface area is 185 Å². The van der Waals surface area contributed by atoms with Gasteiger partial charge in [-0.15, -0.1) is 0 Å². The predicted octanol–water partition coefficient (Wildman–Crippen LogP) is 5.94. The van der Waals surface area contributed by atoms with Crippen molar-refractivity contribution in [1.82, 2.24) is 24.1 Å². The summed E-state index contributed by atoms with van der Waals surface area (Å²) in [6.07, 6.45) is 7.67. The molecule has 152 valence electrons. The standard InChI is InChI=1S/C27H19N5/c1-2-9-25-20(7-1)15-18-31(25)22-13-11-21(12-14-22)27-30-24(23-8-3-5-16-28-23)19-32(27)26-10-4-6-17-29-26/h1-19H. The Morgan fingerprint density at radius 3 is 2.16 bits per heavy atom. The first kappa shape index (κ1) is 18.3. The lowest BCUT2D eigenvalue weighted by Crippen LogP contribution is -1.99. The van der Waals surface area contributed by atoms with Crippen LogP contribution in [-0.2, 0) is 0 Å². The van der Waals surface area contributed by atoms with E-state index >= 15 is 0 Å². The summed E-state index contributed by atoms with van der Waals surface area (Å²) in [5.74, 6) is 1.64. The number of benzene rings is 2. The quantitative estimate of drug-likeness (QED) is 0.359. The fourth-order valence-corrected chi connectivity index (χ4v) is 3.97. The summed E-state index contributed by atoms with van der Waals surface area (Å²) >= 11 is 0. The third-order valence-electron chi connectivity index (χ3n) is 5.53. The van der Waals surface area contributed by atoms with Crippen LogP contribution in [0.1, 0.15) is 0 Å². The van der Waals surface area contributed by atoms with Crippen molar-refractivity contribution in [2.24, 2.45) is 0 Å². The molecule has 0 atom stereocenters. The zero-order valence-corrected chi connectivity index (χ0v) is 17.2. The normalized spacial score (nSPS) is 11.1. The maximum Gasteiger partial charge on any atom is 0.146 e. The Balaban J connectivity index is 1.45. The number of nitrogens with zero attached hydrogens (tertiary/aromatic N) is 5. The molecule has 6 aromatic rings. The van der Waals surface area contributed by atoms with Gasteiger partial charge in [0.25, 0.3) is 0 Å². The van der Waals surface area contributed by atoms with Gasteiger partial charge in [-0.1, -0.05) is 30.3 Å². The second kappa shape index (κ2) is 7.63. The number of imidazole rings is 1. The monoisotopic (exact) mass is 413 g/mol. The molecule has 0 bridgehead atoms. The van der Waals surface area contributed by atoms with Crippen molar-refractivity contribution in [3.63, 3.8) is 0 Å². The Hall–Kier alpha value is -4.51. The molecule has 4 aromatic heterocycles. The van der Waals surface area contributed by atoms with Crippen molar-refractivity contribution in [2.45, 2.75) is 0 Å². The fraction of sp³-hybridized carbons (Fsp3) is 0. The highest BCUT2D eigenvalue weighted by atomic mass is 15.1. The molecule has 0 N–H and O–H groups in total. The summed E-state index contributed by atoms with van der Waals surface area (Å²) < 4.78 is 4.22. The SMILES string of the molecule is c1ccc(-c2cn(-c3ccccn3)c(-c3ccc(-n4ccc5ccccc54)cc3)n2)nc1. The van der Waals surface area contributed by atoms with E-state index in [1.165, 1.54) is 10.9 Å². The van der Waals surface area contributed by atoms with Crippen LogP contribution in [0.25, 0.3) is 45.2 Å². The molecular formula is C27H19N5. The average molecular weight is 413 g/mol. The molecule has 2 aromatic carbocycles. The zero-order valence-electron chi connectivity index (χ0n) is 17.2. The molecule has 4 heterocycles. The number of hydrogen-bond donors (Lipinski definition) is 0. The molecule has 0 radical (unpaired) electrons. The van der Waals surface area contributed by atoms with Gasteiger partial charge in [0.1, 0.15) is 17.3 Å². The minimum absolute atomic E-state index is 0.812. The fourth-order valence-electron chi connectivity index (χ4n) is 3.97. The van der Waals surface area contributed by atoms with Gasteiger partial charge >= 0.3 is 0 Å². The van der Waals surface area contributed by atoms with Gasteiger partial charge in [-0.25, -0.2) is 9.97 Å². The van der Waals surface area contributed by atoms with Gasteiger partial charge in [0.2, 0.25) is 0 Å². The van der Waals surface area contributed by atoms with E-state index in [4.69, 9.17) is 4.98 Å². The van der Waals surface area contributed by atoms with Crippen LogP contribution < -0.4 is 0 Å². The van der Waals surface area contributed by atoms with Crippen LogP contribution in [0.4, 0.5) is 0 Å². The van der Waals surface area contributed by atoms with Crippen molar-refractivity contribution in [2.75, 3.05) is 0 Å². The van der Waals surface area contributed by atoms with Gasteiger partial charge < -0.3 is 4.57 Å². The molecule has 0 fully saturated rings. The Morgan fingerprint density at radius 2 is 1.38 bits per heavy atom. The van der Waals surface area contributed by atoms with Crippen molar-refractivity contribution in [1.29, 1.82) is 0 Å². The first-order valence-corrected chi connectivity index (χ1v) is 10.5. The van der Waals surface area contributed by atoms with E-state index in [1.807, 2.05) is 47.2 Å². The van der Waals surface area contributed by atoms with E-state index in [9.17, 15) is 0 Å². The van der Waals surface area contributed by atoms with E-state index < -0.39 is 0 Å². The van der Waals surface area contributed by atoms with Crippen LogP contribution in [0.3, 0.4) is 0 Å². The number of aromatic nitrogens is 5. The van der Waals surface area contributed by atoms with Crippen molar-refractivity contribution in [3.8, 4) is 34.3 Å². The first-order valence-electron chi connectivity index (χ1n) is 10.5. The molecule has 0 aliphatic rings. The molecule has 0 saturated heterocycles. The van der Waals surface area contributed by atoms with Crippen molar-refractivity contribution < 1.29 is 0 Å². The van der Waals surface area contributed by atoms with Crippen molar-refractivity contribution >= 4 is 10.9 Å². The lowest BCUT2D eigenvalue weighted by atomic mass is 10.2. The van der Waals surface area contributed by atoms with Gasteiger partial charge in [0.05, 0.1) is 11.2 Å². The first-order chi connectivity index (χ1) is 15.9. The van der Waals surface area contributed by atoms with Gasteiger partial charge in [-0.3, -0.25) is 9.55 Å². The van der Waals surface area contributed by atoms with Gasteiger partial charge in [0, 0.05) is 36.0 Å². The highest BCUT2D eigenvalue weighted by Gasteiger charge is 2.15. The summed E-state index contributed by atoms with van der Waals surface area (Å²) in [4.78, 5) is 13.9. The number of hydrogen-bond acceptors (Lipinski definition) is 3. The lowest BCUT2D eigenvalue weighted by molar-refractivity contribution is 1.00. The number of rotatable bonds is 4. The maximum absolute atomic E-state index is 4.92. The highest BCUT2D eigenvalue weighted by Crippen LogP contribution is 2.28. The molecule has 6 rings (SSSR count). The molecule has 5 heteroatoms. The third-order valence-corrected chi connectivity index (χ3v) is 5.53. The molecule has 0 aliphatic carbocycles. The van der Waals surface area contributed by atoms with E-state index in [0.717, 1.165) is 34.3 Å². The molecule has 32 heavy (non-hydrogen) atoms. The van der Waals surface area contributed by atoms with Crippen molar-refractivity contribution in [3.05, 3.63) is 116 Å². The van der Waals surface area contributed by atoms with Gasteiger partial charge in [-0.2, -0.15) is 0 Å². The zero-order chi connectivity index (χ0) is 21.3. The van der Waals surface area contributed by atoms with E-state index in [0.29, 0.717) is 0 Å². The molecule has 5 nitrogen and oxygen atoms in total. The number of fused-ring (bicyclic) bond motifs is 1. The smallest absolute Gasteiger partial charge is 0.146 e. The van der Waals surface area contributed by atoms with Crippen LogP contribution in [-0.4, -0.2) is 24.1 Å². The summed E-state index contributed by atoms with van der Waals surface area (Å²) in [5, 5.41) is 1.22. The van der Waals surface area contributed by atoms with E-state index in [1.54, 1.807) is 12.4 Å². The lowest BCUT2D eigenvalue weighted by Gasteiger charge is -2.09. The largest absolute Gasteiger partial charge is 0.317 e.